The van der Waals surface area contributed by atoms with E-state index in [0.717, 1.165) is 39.0 Å². The first-order valence-electron chi connectivity index (χ1n) is 10.6. The molecule has 0 aliphatic heterocycles. The Labute approximate surface area is 192 Å². The molecule has 0 saturated carbocycles. The number of hydrogen-bond acceptors (Lipinski definition) is 3. The van der Waals surface area contributed by atoms with Gasteiger partial charge in [-0.1, -0.05) is 36.9 Å². The minimum atomic E-state index is -0.495. The number of nitrogens with two attached hydrogens (primary N) is 1. The number of aromatic nitrogens is 1. The van der Waals surface area contributed by atoms with Gasteiger partial charge in [0.2, 0.25) is 5.91 Å². The van der Waals surface area contributed by atoms with Gasteiger partial charge in [-0.3, -0.25) is 9.59 Å². The molecule has 6 nitrogen and oxygen atoms in total. The zero-order chi connectivity index (χ0) is 23.7. The van der Waals surface area contributed by atoms with Crippen LogP contribution in [0.2, 0.25) is 0 Å². The number of aromatic amines is 1. The molecule has 4 aromatic rings. The zero-order valence-corrected chi connectivity index (χ0v) is 18.9. The van der Waals surface area contributed by atoms with Crippen molar-refractivity contribution in [3.8, 4) is 22.4 Å². The Morgan fingerprint density at radius 3 is 2.48 bits per heavy atom. The third-order valence-electron chi connectivity index (χ3n) is 5.80. The molecule has 4 N–H and O–H groups in total. The Hall–Kier alpha value is -4.32. The summed E-state index contributed by atoms with van der Waals surface area (Å²) < 4.78 is 0. The summed E-state index contributed by atoms with van der Waals surface area (Å²) >= 11 is 0. The SMILES string of the molecule is C=CC(=O)Nc1cccc(-c2ccc(C(N)=O)c3[nH]c(-c4cccc(N(C)C)c4)cc23)c1C. The predicted molar refractivity (Wildman–Crippen MR) is 136 cm³/mol. The van der Waals surface area contributed by atoms with E-state index in [0.29, 0.717) is 16.8 Å². The van der Waals surface area contributed by atoms with E-state index in [1.54, 1.807) is 6.07 Å². The highest BCUT2D eigenvalue weighted by atomic mass is 16.1. The zero-order valence-electron chi connectivity index (χ0n) is 18.9. The maximum atomic E-state index is 12.2. The molecule has 0 atom stereocenters. The summed E-state index contributed by atoms with van der Waals surface area (Å²) in [7, 11) is 3.99. The summed E-state index contributed by atoms with van der Waals surface area (Å²) in [5.41, 5.74) is 13.3. The van der Waals surface area contributed by atoms with Gasteiger partial charge in [0.15, 0.2) is 0 Å². The summed E-state index contributed by atoms with van der Waals surface area (Å²) in [5, 5.41) is 3.73. The monoisotopic (exact) mass is 438 g/mol. The van der Waals surface area contributed by atoms with Crippen molar-refractivity contribution in [3.63, 3.8) is 0 Å². The molecule has 166 valence electrons. The molecule has 1 aromatic heterocycles. The average Bonchev–Trinajstić information content (AvgIpc) is 3.25. The van der Waals surface area contributed by atoms with E-state index in [4.69, 9.17) is 5.73 Å². The third-order valence-corrected chi connectivity index (χ3v) is 5.80. The van der Waals surface area contributed by atoms with Crippen LogP contribution < -0.4 is 16.0 Å². The van der Waals surface area contributed by atoms with Crippen LogP contribution in [0.5, 0.6) is 0 Å². The van der Waals surface area contributed by atoms with Crippen LogP contribution in [-0.2, 0) is 4.79 Å². The van der Waals surface area contributed by atoms with Crippen LogP contribution in [0.25, 0.3) is 33.3 Å². The number of nitrogens with zero attached hydrogens (tertiary/aromatic N) is 1. The quantitative estimate of drug-likeness (QED) is 0.366. The highest BCUT2D eigenvalue weighted by molar-refractivity contribution is 6.11. The Morgan fingerprint density at radius 1 is 1.03 bits per heavy atom. The van der Waals surface area contributed by atoms with Gasteiger partial charge in [0.25, 0.3) is 5.91 Å². The first kappa shape index (κ1) is 21.9. The van der Waals surface area contributed by atoms with E-state index in [2.05, 4.69) is 22.9 Å². The molecule has 4 rings (SSSR count). The number of H-pyrrole nitrogens is 1. The third kappa shape index (κ3) is 4.11. The molecule has 0 radical (unpaired) electrons. The van der Waals surface area contributed by atoms with Crippen molar-refractivity contribution in [1.29, 1.82) is 0 Å². The normalized spacial score (nSPS) is 10.8. The lowest BCUT2D eigenvalue weighted by Crippen LogP contribution is -2.11. The molecule has 3 aromatic carbocycles. The van der Waals surface area contributed by atoms with Crippen LogP contribution >= 0.6 is 0 Å². The fourth-order valence-corrected chi connectivity index (χ4v) is 4.01. The second kappa shape index (κ2) is 8.67. The van der Waals surface area contributed by atoms with Gasteiger partial charge < -0.3 is 20.9 Å². The molecule has 1 heterocycles. The van der Waals surface area contributed by atoms with Crippen molar-refractivity contribution in [1.82, 2.24) is 4.98 Å². The first-order valence-corrected chi connectivity index (χ1v) is 10.6. The van der Waals surface area contributed by atoms with Crippen LogP contribution in [0.3, 0.4) is 0 Å². The molecule has 0 unspecified atom stereocenters. The number of fused-ring (bicyclic) bond motifs is 1. The predicted octanol–water partition coefficient (Wildman–Crippen LogP) is 5.10. The number of hydrogen-bond donors (Lipinski definition) is 3. The lowest BCUT2D eigenvalue weighted by atomic mass is 9.94. The van der Waals surface area contributed by atoms with Crippen molar-refractivity contribution in [3.05, 3.63) is 84.4 Å². The van der Waals surface area contributed by atoms with Gasteiger partial charge in [-0.25, -0.2) is 0 Å². The second-order valence-corrected chi connectivity index (χ2v) is 8.11. The standard InChI is InChI=1S/C27H26N4O2/c1-5-25(32)29-23-11-7-10-19(16(23)2)20-12-13-21(27(28)33)26-22(20)15-24(30-26)17-8-6-9-18(14-17)31(3)4/h5-15,30H,1H2,2-4H3,(H2,28,33)(H,29,32). The van der Waals surface area contributed by atoms with E-state index in [-0.39, 0.29) is 5.91 Å². The van der Waals surface area contributed by atoms with E-state index in [9.17, 15) is 9.59 Å². The summed E-state index contributed by atoms with van der Waals surface area (Å²) in [6.07, 6.45) is 1.24. The first-order chi connectivity index (χ1) is 15.8. The number of benzene rings is 3. The fourth-order valence-electron chi connectivity index (χ4n) is 4.01. The summed E-state index contributed by atoms with van der Waals surface area (Å²) in [5.74, 6) is -0.764. The van der Waals surface area contributed by atoms with Crippen LogP contribution in [0.15, 0.2) is 73.3 Å². The molecule has 0 spiro atoms. The lowest BCUT2D eigenvalue weighted by molar-refractivity contribution is -0.111. The fraction of sp³-hybridized carbons (Fsp3) is 0.111. The van der Waals surface area contributed by atoms with Crippen LogP contribution in [0, 0.1) is 6.92 Å². The number of anilines is 2. The van der Waals surface area contributed by atoms with Crippen molar-refractivity contribution in [2.75, 3.05) is 24.3 Å². The molecule has 0 aliphatic rings. The summed E-state index contributed by atoms with van der Waals surface area (Å²) in [6, 6.07) is 19.6. The van der Waals surface area contributed by atoms with E-state index in [1.165, 1.54) is 6.08 Å². The summed E-state index contributed by atoms with van der Waals surface area (Å²) in [6.45, 7) is 5.47. The van der Waals surface area contributed by atoms with Gasteiger partial charge in [-0.05, 0) is 65.6 Å². The van der Waals surface area contributed by atoms with Gasteiger partial charge in [0.1, 0.15) is 0 Å². The Bertz CT molecular complexity index is 1400. The van der Waals surface area contributed by atoms with Crippen molar-refractivity contribution < 1.29 is 9.59 Å². The van der Waals surface area contributed by atoms with Crippen LogP contribution in [0.4, 0.5) is 11.4 Å². The number of primary amides is 1. The highest BCUT2D eigenvalue weighted by Crippen LogP contribution is 2.37. The number of carbonyl (C=O) groups is 2. The van der Waals surface area contributed by atoms with Gasteiger partial charge in [0, 0.05) is 36.6 Å². The van der Waals surface area contributed by atoms with Gasteiger partial charge in [0.05, 0.1) is 11.1 Å². The molecule has 0 aliphatic carbocycles. The van der Waals surface area contributed by atoms with Gasteiger partial charge in [-0.2, -0.15) is 0 Å². The van der Waals surface area contributed by atoms with E-state index >= 15 is 0 Å². The number of nitrogens with one attached hydrogen (secondary N) is 2. The Morgan fingerprint density at radius 2 is 1.79 bits per heavy atom. The van der Waals surface area contributed by atoms with Crippen molar-refractivity contribution >= 4 is 34.1 Å². The molecule has 33 heavy (non-hydrogen) atoms. The Kier molecular flexibility index (Phi) is 5.75. The topological polar surface area (TPSA) is 91.2 Å². The minimum Gasteiger partial charge on any atom is -0.378 e. The molecule has 0 saturated heterocycles. The summed E-state index contributed by atoms with van der Waals surface area (Å²) in [4.78, 5) is 29.5. The Balaban J connectivity index is 1.93. The smallest absolute Gasteiger partial charge is 0.250 e. The molecule has 0 fully saturated rings. The largest absolute Gasteiger partial charge is 0.378 e. The van der Waals surface area contributed by atoms with E-state index in [1.807, 2.05) is 74.4 Å². The van der Waals surface area contributed by atoms with Crippen molar-refractivity contribution in [2.45, 2.75) is 6.92 Å². The number of carbonyl (C=O) groups excluding carboxylic acids is 2. The lowest BCUT2D eigenvalue weighted by Gasteiger charge is -2.13. The average molecular weight is 439 g/mol. The minimum absolute atomic E-state index is 0.269. The number of amides is 2. The maximum Gasteiger partial charge on any atom is 0.250 e. The van der Waals surface area contributed by atoms with Crippen LogP contribution in [0.1, 0.15) is 15.9 Å². The molecular formula is C27H26N4O2. The van der Waals surface area contributed by atoms with Crippen molar-refractivity contribution in [2.24, 2.45) is 5.73 Å². The molecule has 2 amide bonds. The van der Waals surface area contributed by atoms with Gasteiger partial charge in [-0.15, -0.1) is 0 Å². The highest BCUT2D eigenvalue weighted by Gasteiger charge is 2.17. The second-order valence-electron chi connectivity index (χ2n) is 8.11. The maximum absolute atomic E-state index is 12.2. The van der Waals surface area contributed by atoms with Crippen LogP contribution in [-0.4, -0.2) is 30.9 Å². The molecule has 0 bridgehead atoms. The van der Waals surface area contributed by atoms with Gasteiger partial charge >= 0.3 is 0 Å². The number of rotatable bonds is 6. The van der Waals surface area contributed by atoms with E-state index < -0.39 is 5.91 Å². The molecule has 6 heteroatoms. The molecular weight excluding hydrogens is 412 g/mol.